The number of hydrogen-bond donors (Lipinski definition) is 1. The molecule has 0 atom stereocenters. The molecule has 0 fully saturated rings. The molecule has 2 heteroatoms. The Morgan fingerprint density at radius 3 is 2.11 bits per heavy atom. The average Bonchev–Trinajstić information content (AvgIpc) is 2.25. The topological polar surface area (TPSA) is 37.3 Å². The zero-order valence-corrected chi connectivity index (χ0v) is 11.8. The van der Waals surface area contributed by atoms with E-state index in [9.17, 15) is 4.79 Å². The maximum atomic E-state index is 10.6. The van der Waals surface area contributed by atoms with E-state index in [2.05, 4.69) is 46.8 Å². The molecule has 0 amide bonds. The summed E-state index contributed by atoms with van der Waals surface area (Å²) in [5.74, 6) is -0.0353. The molecule has 0 saturated heterocycles. The van der Waals surface area contributed by atoms with E-state index in [0.717, 1.165) is 5.56 Å². The van der Waals surface area contributed by atoms with Crippen molar-refractivity contribution in [1.82, 2.24) is 0 Å². The van der Waals surface area contributed by atoms with Crippen LogP contribution < -0.4 is 0 Å². The van der Waals surface area contributed by atoms with E-state index in [0.29, 0.717) is 11.8 Å². The Kier molecular flexibility index (Phi) is 4.71. The van der Waals surface area contributed by atoms with Gasteiger partial charge in [0.2, 0.25) is 0 Å². The highest BCUT2D eigenvalue weighted by molar-refractivity contribution is 5.85. The summed E-state index contributed by atoms with van der Waals surface area (Å²) < 4.78 is 0. The highest BCUT2D eigenvalue weighted by atomic mass is 16.4. The minimum atomic E-state index is -0.907. The van der Waals surface area contributed by atoms with Crippen LogP contribution in [0.2, 0.25) is 0 Å². The fourth-order valence-electron chi connectivity index (χ4n) is 2.19. The second kappa shape index (κ2) is 5.85. The lowest BCUT2D eigenvalue weighted by molar-refractivity contribution is -0.131. The molecule has 2 nitrogen and oxygen atoms in total. The summed E-state index contributed by atoms with van der Waals surface area (Å²) in [7, 11) is 0. The Balaban J connectivity index is 3.33. The molecule has 0 aliphatic rings. The maximum Gasteiger partial charge on any atom is 0.328 e. The third kappa shape index (κ3) is 3.46. The molecule has 0 bridgehead atoms. The number of benzene rings is 1. The largest absolute Gasteiger partial charge is 0.478 e. The van der Waals surface area contributed by atoms with Gasteiger partial charge >= 0.3 is 5.97 Å². The molecule has 18 heavy (non-hydrogen) atoms. The van der Waals surface area contributed by atoms with E-state index in [1.54, 1.807) is 6.08 Å². The lowest BCUT2D eigenvalue weighted by atomic mass is 9.88. The first kappa shape index (κ1) is 14.5. The van der Waals surface area contributed by atoms with E-state index in [-0.39, 0.29) is 0 Å². The van der Waals surface area contributed by atoms with Crippen molar-refractivity contribution in [3.8, 4) is 0 Å². The lowest BCUT2D eigenvalue weighted by Crippen LogP contribution is -2.00. The van der Waals surface area contributed by atoms with Crippen LogP contribution in [-0.4, -0.2) is 11.1 Å². The van der Waals surface area contributed by atoms with Gasteiger partial charge < -0.3 is 5.11 Å². The van der Waals surface area contributed by atoms with Crippen molar-refractivity contribution in [3.05, 3.63) is 40.5 Å². The van der Waals surface area contributed by atoms with Crippen molar-refractivity contribution in [2.45, 2.75) is 46.5 Å². The Morgan fingerprint density at radius 1 is 1.11 bits per heavy atom. The van der Waals surface area contributed by atoms with E-state index >= 15 is 0 Å². The Morgan fingerprint density at radius 2 is 1.67 bits per heavy atom. The van der Waals surface area contributed by atoms with Crippen molar-refractivity contribution in [2.24, 2.45) is 0 Å². The molecule has 98 valence electrons. The standard InChI is InChI=1S/C16H22O2/c1-10(2)14-9-15(11(3)4)13(8-12(14)5)6-7-16(17)18/h6-11H,1-5H3,(H,17,18). The second-order valence-corrected chi connectivity index (χ2v) is 5.32. The Hall–Kier alpha value is -1.57. The van der Waals surface area contributed by atoms with Crippen LogP contribution in [0.5, 0.6) is 0 Å². The Bertz CT molecular complexity index is 468. The molecule has 0 saturated carbocycles. The van der Waals surface area contributed by atoms with Crippen LogP contribution in [-0.2, 0) is 4.79 Å². The van der Waals surface area contributed by atoms with Crippen LogP contribution in [0.3, 0.4) is 0 Å². The summed E-state index contributed by atoms with van der Waals surface area (Å²) in [6.07, 6.45) is 2.89. The minimum absolute atomic E-state index is 0.386. The smallest absolute Gasteiger partial charge is 0.328 e. The summed E-state index contributed by atoms with van der Waals surface area (Å²) in [4.78, 5) is 10.6. The summed E-state index contributed by atoms with van der Waals surface area (Å²) in [6, 6.07) is 4.30. The molecule has 1 rings (SSSR count). The fourth-order valence-corrected chi connectivity index (χ4v) is 2.19. The van der Waals surface area contributed by atoms with Crippen molar-refractivity contribution in [2.75, 3.05) is 0 Å². The van der Waals surface area contributed by atoms with Crippen LogP contribution in [0.4, 0.5) is 0 Å². The average molecular weight is 246 g/mol. The number of aliphatic carboxylic acids is 1. The van der Waals surface area contributed by atoms with Crippen molar-refractivity contribution < 1.29 is 9.90 Å². The zero-order valence-electron chi connectivity index (χ0n) is 11.8. The molecule has 0 aliphatic heterocycles. The number of aryl methyl sites for hydroxylation is 1. The predicted octanol–water partition coefficient (Wildman–Crippen LogP) is 4.34. The zero-order chi connectivity index (χ0) is 13.9. The van der Waals surface area contributed by atoms with Gasteiger partial charge in [-0.05, 0) is 47.1 Å². The second-order valence-electron chi connectivity index (χ2n) is 5.32. The van der Waals surface area contributed by atoms with Crippen LogP contribution in [0, 0.1) is 6.92 Å². The summed E-state index contributed by atoms with van der Waals surface area (Å²) in [5.41, 5.74) is 4.78. The van der Waals surface area contributed by atoms with Gasteiger partial charge in [0.05, 0.1) is 0 Å². The highest BCUT2D eigenvalue weighted by Gasteiger charge is 2.11. The number of carboxylic acid groups (broad SMARTS) is 1. The molecule has 0 heterocycles. The van der Waals surface area contributed by atoms with Gasteiger partial charge in [-0.2, -0.15) is 0 Å². The highest BCUT2D eigenvalue weighted by Crippen LogP contribution is 2.28. The van der Waals surface area contributed by atoms with Gasteiger partial charge in [-0.1, -0.05) is 39.8 Å². The molecular weight excluding hydrogens is 224 g/mol. The molecule has 0 aromatic heterocycles. The van der Waals surface area contributed by atoms with Gasteiger partial charge in [0.25, 0.3) is 0 Å². The van der Waals surface area contributed by atoms with E-state index in [1.165, 1.54) is 22.8 Å². The molecular formula is C16H22O2. The minimum Gasteiger partial charge on any atom is -0.478 e. The van der Waals surface area contributed by atoms with Crippen LogP contribution in [0.25, 0.3) is 6.08 Å². The number of hydrogen-bond acceptors (Lipinski definition) is 1. The first-order chi connectivity index (χ1) is 8.32. The molecule has 0 unspecified atom stereocenters. The van der Waals surface area contributed by atoms with Crippen molar-refractivity contribution in [1.29, 1.82) is 0 Å². The van der Waals surface area contributed by atoms with Crippen LogP contribution in [0.15, 0.2) is 18.2 Å². The number of carbonyl (C=O) groups is 1. The quantitative estimate of drug-likeness (QED) is 0.802. The van der Waals surface area contributed by atoms with E-state index in [1.807, 2.05) is 0 Å². The maximum absolute atomic E-state index is 10.6. The van der Waals surface area contributed by atoms with Gasteiger partial charge in [-0.25, -0.2) is 4.79 Å². The van der Waals surface area contributed by atoms with Crippen molar-refractivity contribution >= 4 is 12.0 Å². The van der Waals surface area contributed by atoms with Gasteiger partial charge in [-0.15, -0.1) is 0 Å². The predicted molar refractivity (Wildman–Crippen MR) is 76.0 cm³/mol. The van der Waals surface area contributed by atoms with E-state index < -0.39 is 5.97 Å². The van der Waals surface area contributed by atoms with Crippen LogP contribution >= 0.6 is 0 Å². The first-order valence-electron chi connectivity index (χ1n) is 6.38. The molecule has 1 aromatic rings. The normalized spacial score (nSPS) is 11.7. The number of carboxylic acids is 1. The van der Waals surface area contributed by atoms with Crippen LogP contribution in [0.1, 0.15) is 61.8 Å². The van der Waals surface area contributed by atoms with E-state index in [4.69, 9.17) is 5.11 Å². The molecule has 0 aliphatic carbocycles. The van der Waals surface area contributed by atoms with Gasteiger partial charge in [0.15, 0.2) is 0 Å². The summed E-state index contributed by atoms with van der Waals surface area (Å²) in [5, 5.41) is 8.73. The summed E-state index contributed by atoms with van der Waals surface area (Å²) >= 11 is 0. The first-order valence-corrected chi connectivity index (χ1v) is 6.38. The van der Waals surface area contributed by atoms with Gasteiger partial charge in [0.1, 0.15) is 0 Å². The van der Waals surface area contributed by atoms with Gasteiger partial charge in [-0.3, -0.25) is 0 Å². The van der Waals surface area contributed by atoms with Gasteiger partial charge in [0, 0.05) is 6.08 Å². The number of rotatable bonds is 4. The SMILES string of the molecule is Cc1cc(C=CC(=O)O)c(C(C)C)cc1C(C)C. The molecule has 1 N–H and O–H groups in total. The Labute approximate surface area is 109 Å². The lowest BCUT2D eigenvalue weighted by Gasteiger charge is -2.17. The summed E-state index contributed by atoms with van der Waals surface area (Å²) in [6.45, 7) is 10.7. The molecule has 0 radical (unpaired) electrons. The third-order valence-electron chi connectivity index (χ3n) is 3.12. The molecule has 0 spiro atoms. The fraction of sp³-hybridized carbons (Fsp3) is 0.438. The molecule has 1 aromatic carbocycles. The monoisotopic (exact) mass is 246 g/mol. The third-order valence-corrected chi connectivity index (χ3v) is 3.12. The van der Waals surface area contributed by atoms with Crippen molar-refractivity contribution in [3.63, 3.8) is 0 Å².